The molecule has 1 saturated heterocycles. The van der Waals surface area contributed by atoms with Gasteiger partial charge in [0, 0.05) is 50.1 Å². The summed E-state index contributed by atoms with van der Waals surface area (Å²) in [5, 5.41) is 10.3. The van der Waals surface area contributed by atoms with Crippen molar-refractivity contribution in [1.29, 1.82) is 0 Å². The van der Waals surface area contributed by atoms with Gasteiger partial charge in [0.2, 0.25) is 5.91 Å². The van der Waals surface area contributed by atoms with Crippen LogP contribution >= 0.6 is 0 Å². The molecule has 0 aromatic carbocycles. The maximum Gasteiger partial charge on any atom is 0.254 e. The molecule has 162 valence electrons. The number of carbonyl (C=O) groups excluding carboxylic acids is 2. The lowest BCUT2D eigenvalue weighted by atomic mass is 9.79. The molecule has 0 atom stereocenters. The van der Waals surface area contributed by atoms with E-state index >= 15 is 0 Å². The van der Waals surface area contributed by atoms with Crippen LogP contribution in [0.3, 0.4) is 0 Å². The second-order valence-electron chi connectivity index (χ2n) is 9.33. The van der Waals surface area contributed by atoms with Crippen LogP contribution in [0.25, 0.3) is 0 Å². The first-order chi connectivity index (χ1) is 14.5. The molecule has 7 nitrogen and oxygen atoms in total. The third-order valence-corrected chi connectivity index (χ3v) is 7.50. The summed E-state index contributed by atoms with van der Waals surface area (Å²) in [5.74, 6) is 1.52. The topological polar surface area (TPSA) is 83.0 Å². The zero-order valence-corrected chi connectivity index (χ0v) is 17.5. The maximum atomic E-state index is 13.0. The number of hydrogen-bond donors (Lipinski definition) is 1. The molecule has 0 spiro atoms. The van der Waals surface area contributed by atoms with Gasteiger partial charge in [-0.25, -0.2) is 0 Å². The second-order valence-corrected chi connectivity index (χ2v) is 9.33. The monoisotopic (exact) mass is 413 g/mol. The van der Waals surface area contributed by atoms with Crippen LogP contribution in [-0.2, 0) is 16.0 Å². The minimum absolute atomic E-state index is 0.0806. The molecular formula is C23H31N3O4. The van der Waals surface area contributed by atoms with Gasteiger partial charge in [0.05, 0.1) is 12.3 Å². The number of fused-ring (bicyclic) bond motifs is 1. The fourth-order valence-electron chi connectivity index (χ4n) is 5.35. The number of aromatic nitrogens is 1. The van der Waals surface area contributed by atoms with E-state index in [2.05, 4.69) is 6.07 Å². The van der Waals surface area contributed by atoms with E-state index in [-0.39, 0.29) is 17.7 Å². The van der Waals surface area contributed by atoms with Gasteiger partial charge in [-0.1, -0.05) is 0 Å². The Morgan fingerprint density at radius 1 is 1.03 bits per heavy atom. The van der Waals surface area contributed by atoms with Gasteiger partial charge in [0.25, 0.3) is 5.91 Å². The van der Waals surface area contributed by atoms with Gasteiger partial charge in [-0.15, -0.1) is 0 Å². The maximum absolute atomic E-state index is 13.0. The van der Waals surface area contributed by atoms with Crippen LogP contribution in [0.4, 0.5) is 0 Å². The molecule has 1 aromatic rings. The number of ether oxygens (including phenoxy) is 1. The van der Waals surface area contributed by atoms with E-state index in [0.717, 1.165) is 62.3 Å². The number of aliphatic hydroxyl groups is 1. The van der Waals surface area contributed by atoms with Gasteiger partial charge in [-0.2, -0.15) is 0 Å². The molecule has 2 aliphatic carbocycles. The predicted molar refractivity (Wildman–Crippen MR) is 110 cm³/mol. The van der Waals surface area contributed by atoms with E-state index in [4.69, 9.17) is 9.72 Å². The minimum atomic E-state index is -1.14. The molecule has 0 radical (unpaired) electrons. The van der Waals surface area contributed by atoms with Crippen LogP contribution in [0, 0.1) is 5.92 Å². The van der Waals surface area contributed by atoms with Gasteiger partial charge in [0.15, 0.2) is 0 Å². The average molecular weight is 414 g/mol. The molecule has 5 rings (SSSR count). The van der Waals surface area contributed by atoms with Crippen LogP contribution < -0.4 is 4.74 Å². The third kappa shape index (κ3) is 3.57. The zero-order chi connectivity index (χ0) is 20.7. The molecule has 2 aliphatic heterocycles. The van der Waals surface area contributed by atoms with Crippen LogP contribution in [-0.4, -0.2) is 70.1 Å². The summed E-state index contributed by atoms with van der Waals surface area (Å²) in [6, 6.07) is 4.13. The van der Waals surface area contributed by atoms with E-state index in [0.29, 0.717) is 44.9 Å². The number of amides is 2. The largest absolute Gasteiger partial charge is 0.491 e. The Kier molecular flexibility index (Phi) is 5.17. The normalized spacial score (nSPS) is 27.8. The molecule has 0 bridgehead atoms. The first-order valence-corrected chi connectivity index (χ1v) is 11.5. The summed E-state index contributed by atoms with van der Waals surface area (Å²) in [4.78, 5) is 34.0. The lowest BCUT2D eigenvalue weighted by molar-refractivity contribution is -0.163. The average Bonchev–Trinajstić information content (AvgIpc) is 3.24. The number of rotatable bonds is 3. The zero-order valence-electron chi connectivity index (χ0n) is 17.5. The van der Waals surface area contributed by atoms with E-state index in [9.17, 15) is 14.7 Å². The van der Waals surface area contributed by atoms with Crippen molar-refractivity contribution in [3.05, 3.63) is 23.5 Å². The Morgan fingerprint density at radius 3 is 2.40 bits per heavy atom. The molecule has 30 heavy (non-hydrogen) atoms. The highest BCUT2D eigenvalue weighted by atomic mass is 16.5. The summed E-state index contributed by atoms with van der Waals surface area (Å²) in [6.07, 6.45) is 6.74. The van der Waals surface area contributed by atoms with E-state index in [1.807, 2.05) is 11.0 Å². The highest BCUT2D eigenvalue weighted by Crippen LogP contribution is 2.38. The summed E-state index contributed by atoms with van der Waals surface area (Å²) in [5.41, 5.74) is 1.08. The van der Waals surface area contributed by atoms with E-state index in [1.54, 1.807) is 4.90 Å². The molecule has 1 N–H and O–H groups in total. The summed E-state index contributed by atoms with van der Waals surface area (Å²) < 4.78 is 5.56. The Bertz CT molecular complexity index is 822. The van der Waals surface area contributed by atoms with Gasteiger partial charge in [-0.05, 0) is 57.1 Å². The molecule has 2 amide bonds. The number of hydrogen-bond acceptors (Lipinski definition) is 5. The van der Waals surface area contributed by atoms with Crippen molar-refractivity contribution in [2.75, 3.05) is 32.8 Å². The molecule has 0 unspecified atom stereocenters. The fourth-order valence-corrected chi connectivity index (χ4v) is 5.35. The van der Waals surface area contributed by atoms with Gasteiger partial charge in [-0.3, -0.25) is 14.6 Å². The summed E-state index contributed by atoms with van der Waals surface area (Å²) in [6.45, 7) is 2.94. The number of pyridine rings is 1. The van der Waals surface area contributed by atoms with Crippen LogP contribution in [0.1, 0.15) is 62.3 Å². The fraction of sp³-hybridized carbons (Fsp3) is 0.696. The van der Waals surface area contributed by atoms with Crippen molar-refractivity contribution in [2.45, 2.75) is 62.9 Å². The number of carbonyl (C=O) groups is 2. The first-order valence-electron chi connectivity index (χ1n) is 11.5. The van der Waals surface area contributed by atoms with Crippen molar-refractivity contribution in [2.24, 2.45) is 5.92 Å². The summed E-state index contributed by atoms with van der Waals surface area (Å²) >= 11 is 0. The first kappa shape index (κ1) is 19.8. The van der Waals surface area contributed by atoms with Crippen LogP contribution in [0.2, 0.25) is 0 Å². The smallest absolute Gasteiger partial charge is 0.254 e. The van der Waals surface area contributed by atoms with Crippen LogP contribution in [0.5, 0.6) is 5.75 Å². The SMILES string of the molecule is O=C(C1CCC(c2ccc3c(n2)CCO3)CC1)N1CCN(C(=O)C2(O)CCC2)CC1. The predicted octanol–water partition coefficient (Wildman–Crippen LogP) is 1.88. The van der Waals surface area contributed by atoms with Crippen molar-refractivity contribution in [1.82, 2.24) is 14.8 Å². The molecule has 3 fully saturated rings. The molecule has 4 aliphatic rings. The second kappa shape index (κ2) is 7.84. The quantitative estimate of drug-likeness (QED) is 0.818. The lowest BCUT2D eigenvalue weighted by Gasteiger charge is -2.43. The highest BCUT2D eigenvalue weighted by Gasteiger charge is 2.45. The minimum Gasteiger partial charge on any atom is -0.491 e. The van der Waals surface area contributed by atoms with Crippen molar-refractivity contribution in [3.8, 4) is 5.75 Å². The molecular weight excluding hydrogens is 382 g/mol. The number of nitrogens with zero attached hydrogens (tertiary/aromatic N) is 3. The van der Waals surface area contributed by atoms with Crippen molar-refractivity contribution in [3.63, 3.8) is 0 Å². The number of piperazine rings is 1. The van der Waals surface area contributed by atoms with E-state index < -0.39 is 5.60 Å². The van der Waals surface area contributed by atoms with Crippen molar-refractivity contribution >= 4 is 11.8 Å². The van der Waals surface area contributed by atoms with Crippen molar-refractivity contribution < 1.29 is 19.4 Å². The van der Waals surface area contributed by atoms with Gasteiger partial charge in [0.1, 0.15) is 11.4 Å². The Morgan fingerprint density at radius 2 is 1.73 bits per heavy atom. The molecule has 1 aromatic heterocycles. The Balaban J connectivity index is 1.12. The standard InChI is InChI=1S/C23H31N3O4/c27-21(25-11-13-26(14-12-25)22(28)23(29)9-1-10-23)17-4-2-16(3-5-17)18-6-7-20-19(24-18)8-15-30-20/h6-7,16-17,29H,1-5,8-15H2. The van der Waals surface area contributed by atoms with Gasteiger partial charge >= 0.3 is 0 Å². The Hall–Kier alpha value is -2.15. The molecule has 7 heteroatoms. The highest BCUT2D eigenvalue weighted by molar-refractivity contribution is 5.86. The molecule has 3 heterocycles. The summed E-state index contributed by atoms with van der Waals surface area (Å²) in [7, 11) is 0. The lowest BCUT2D eigenvalue weighted by Crippen LogP contribution is -2.59. The van der Waals surface area contributed by atoms with E-state index in [1.165, 1.54) is 0 Å². The molecule has 2 saturated carbocycles. The Labute approximate surface area is 177 Å². The third-order valence-electron chi connectivity index (χ3n) is 7.50. The van der Waals surface area contributed by atoms with Gasteiger partial charge < -0.3 is 19.6 Å². The van der Waals surface area contributed by atoms with Crippen LogP contribution in [0.15, 0.2) is 12.1 Å².